The number of aliphatic hydroxyl groups is 1. The molecule has 0 aliphatic rings. The van der Waals surface area contributed by atoms with Gasteiger partial charge in [0, 0.05) is 4.47 Å². The second kappa shape index (κ2) is 8.50. The predicted molar refractivity (Wildman–Crippen MR) is 115 cm³/mol. The Balaban J connectivity index is 1.94. The number of rotatable bonds is 5. The van der Waals surface area contributed by atoms with Gasteiger partial charge in [-0.25, -0.2) is 5.43 Å². The molecule has 0 fully saturated rings. The molecule has 0 aromatic heterocycles. The van der Waals surface area contributed by atoms with Crippen molar-refractivity contribution in [1.82, 2.24) is 5.43 Å². The van der Waals surface area contributed by atoms with Crippen molar-refractivity contribution < 1.29 is 9.90 Å². The molecule has 0 aliphatic carbocycles. The van der Waals surface area contributed by atoms with Crippen molar-refractivity contribution in [2.45, 2.75) is 19.4 Å². The van der Waals surface area contributed by atoms with Crippen LogP contribution in [0.25, 0.3) is 0 Å². The first kappa shape index (κ1) is 20.0. The molecule has 0 spiro atoms. The largest absolute Gasteiger partial charge is 0.372 e. The maximum absolute atomic E-state index is 13.1. The molecule has 0 saturated carbocycles. The third-order valence-corrected chi connectivity index (χ3v) is 4.98. The highest BCUT2D eigenvalue weighted by Gasteiger charge is 2.40. The number of benzene rings is 3. The van der Waals surface area contributed by atoms with Crippen molar-refractivity contribution in [3.05, 3.63) is 105 Å². The molecule has 0 heterocycles. The summed E-state index contributed by atoms with van der Waals surface area (Å²) in [5.41, 5.74) is 4.37. The van der Waals surface area contributed by atoms with E-state index in [1.54, 1.807) is 24.3 Å². The molecule has 3 rings (SSSR count). The van der Waals surface area contributed by atoms with E-state index < -0.39 is 11.5 Å². The Hall–Kier alpha value is -2.76. The maximum Gasteiger partial charge on any atom is 0.281 e. The van der Waals surface area contributed by atoms with Crippen LogP contribution >= 0.6 is 15.9 Å². The third kappa shape index (κ3) is 4.38. The molecule has 0 saturated heterocycles. The van der Waals surface area contributed by atoms with Crippen LogP contribution in [-0.2, 0) is 10.4 Å². The van der Waals surface area contributed by atoms with E-state index in [1.165, 1.54) is 6.21 Å². The van der Waals surface area contributed by atoms with Gasteiger partial charge in [-0.3, -0.25) is 4.79 Å². The number of aryl methyl sites for hydroxylation is 2. The Morgan fingerprint density at radius 3 is 2.00 bits per heavy atom. The summed E-state index contributed by atoms with van der Waals surface area (Å²) in [6, 6.07) is 22.1. The van der Waals surface area contributed by atoms with Gasteiger partial charge in [0.1, 0.15) is 0 Å². The average Bonchev–Trinajstić information content (AvgIpc) is 2.68. The molecule has 5 heteroatoms. The van der Waals surface area contributed by atoms with Crippen LogP contribution in [0.3, 0.4) is 0 Å². The predicted octanol–water partition coefficient (Wildman–Crippen LogP) is 4.45. The van der Waals surface area contributed by atoms with Gasteiger partial charge < -0.3 is 5.11 Å². The highest BCUT2D eigenvalue weighted by molar-refractivity contribution is 9.10. The van der Waals surface area contributed by atoms with Crippen molar-refractivity contribution in [1.29, 1.82) is 0 Å². The van der Waals surface area contributed by atoms with E-state index in [0.717, 1.165) is 21.2 Å². The summed E-state index contributed by atoms with van der Waals surface area (Å²) in [5.74, 6) is -0.614. The maximum atomic E-state index is 13.1. The van der Waals surface area contributed by atoms with Gasteiger partial charge >= 0.3 is 0 Å². The summed E-state index contributed by atoms with van der Waals surface area (Å²) in [5, 5.41) is 15.5. The Bertz CT molecular complexity index is 968. The van der Waals surface area contributed by atoms with Gasteiger partial charge in [-0.15, -0.1) is 0 Å². The fourth-order valence-electron chi connectivity index (χ4n) is 2.96. The first-order valence-electron chi connectivity index (χ1n) is 8.85. The topological polar surface area (TPSA) is 61.7 Å². The lowest BCUT2D eigenvalue weighted by Crippen LogP contribution is -2.43. The zero-order valence-corrected chi connectivity index (χ0v) is 17.3. The van der Waals surface area contributed by atoms with Gasteiger partial charge in [-0.2, -0.15) is 5.10 Å². The minimum atomic E-state index is -1.85. The Morgan fingerprint density at radius 1 is 0.964 bits per heavy atom. The highest BCUT2D eigenvalue weighted by Crippen LogP contribution is 2.31. The van der Waals surface area contributed by atoms with Crippen molar-refractivity contribution >= 4 is 28.1 Å². The van der Waals surface area contributed by atoms with Crippen molar-refractivity contribution in [3.63, 3.8) is 0 Å². The van der Waals surface area contributed by atoms with E-state index in [4.69, 9.17) is 0 Å². The monoisotopic (exact) mass is 436 g/mol. The number of hydrogen-bond donors (Lipinski definition) is 2. The molecule has 0 atom stereocenters. The molecule has 0 bridgehead atoms. The molecule has 28 heavy (non-hydrogen) atoms. The lowest BCUT2D eigenvalue weighted by molar-refractivity contribution is -0.136. The first-order valence-corrected chi connectivity index (χ1v) is 9.64. The molecule has 0 aliphatic heterocycles. The molecule has 0 radical (unpaired) electrons. The van der Waals surface area contributed by atoms with E-state index in [0.29, 0.717) is 11.1 Å². The number of nitrogens with one attached hydrogen (secondary N) is 1. The van der Waals surface area contributed by atoms with E-state index >= 15 is 0 Å². The van der Waals surface area contributed by atoms with Gasteiger partial charge in [0.2, 0.25) is 0 Å². The van der Waals surface area contributed by atoms with Gasteiger partial charge in [0.25, 0.3) is 5.91 Å². The second-order valence-corrected chi connectivity index (χ2v) is 7.62. The van der Waals surface area contributed by atoms with Gasteiger partial charge in [0.05, 0.1) is 6.21 Å². The zero-order valence-electron chi connectivity index (χ0n) is 15.7. The summed E-state index contributed by atoms with van der Waals surface area (Å²) < 4.78 is 0.960. The smallest absolute Gasteiger partial charge is 0.281 e. The van der Waals surface area contributed by atoms with Gasteiger partial charge in [-0.05, 0) is 42.7 Å². The summed E-state index contributed by atoms with van der Waals surface area (Å²) in [7, 11) is 0. The van der Waals surface area contributed by atoms with E-state index in [-0.39, 0.29) is 0 Å². The van der Waals surface area contributed by atoms with Gasteiger partial charge in [0.15, 0.2) is 5.60 Å². The number of nitrogens with zero attached hydrogens (tertiary/aromatic N) is 1. The molecule has 3 aromatic rings. The number of hydrazone groups is 1. The number of carbonyl (C=O) groups excluding carboxylic acids is 1. The van der Waals surface area contributed by atoms with Crippen LogP contribution in [0.15, 0.2) is 82.4 Å². The standard InChI is InChI=1S/C23H21BrN2O2/c1-16-5-3-7-19(13-16)23(28,20-8-4-6-17(2)14-20)22(27)26-25-15-18-9-11-21(24)12-10-18/h3-15,28H,1-2H3,(H,26,27)/b25-15-. The van der Waals surface area contributed by atoms with Crippen molar-refractivity contribution in [3.8, 4) is 0 Å². The minimum absolute atomic E-state index is 0.495. The molecule has 3 aromatic carbocycles. The van der Waals surface area contributed by atoms with Crippen LogP contribution in [0.5, 0.6) is 0 Å². The number of carbonyl (C=O) groups is 1. The van der Waals surface area contributed by atoms with Gasteiger partial charge in [-0.1, -0.05) is 87.7 Å². The molecule has 142 valence electrons. The number of halogens is 1. The second-order valence-electron chi connectivity index (χ2n) is 6.70. The van der Waals surface area contributed by atoms with Crippen LogP contribution in [0, 0.1) is 13.8 Å². The average molecular weight is 437 g/mol. The molecular weight excluding hydrogens is 416 g/mol. The van der Waals surface area contributed by atoms with Crippen LogP contribution in [-0.4, -0.2) is 17.2 Å². The first-order chi connectivity index (χ1) is 13.4. The summed E-state index contributed by atoms with van der Waals surface area (Å²) in [6.07, 6.45) is 1.54. The Kier molecular flexibility index (Phi) is 6.07. The lowest BCUT2D eigenvalue weighted by Gasteiger charge is -2.27. The highest BCUT2D eigenvalue weighted by atomic mass is 79.9. The molecule has 0 unspecified atom stereocenters. The van der Waals surface area contributed by atoms with E-state index in [9.17, 15) is 9.90 Å². The SMILES string of the molecule is Cc1cccc(C(O)(C(=O)N/N=C\c2ccc(Br)cc2)c2cccc(C)c2)c1. The third-order valence-electron chi connectivity index (χ3n) is 4.45. The quantitative estimate of drug-likeness (QED) is 0.458. The van der Waals surface area contributed by atoms with Crippen molar-refractivity contribution in [2.75, 3.05) is 0 Å². The molecule has 1 amide bonds. The fourth-order valence-corrected chi connectivity index (χ4v) is 3.23. The van der Waals surface area contributed by atoms with E-state index in [2.05, 4.69) is 26.5 Å². The Labute approximate surface area is 173 Å². The Morgan fingerprint density at radius 2 is 1.50 bits per heavy atom. The van der Waals surface area contributed by atoms with Crippen LogP contribution in [0.1, 0.15) is 27.8 Å². The van der Waals surface area contributed by atoms with Crippen molar-refractivity contribution in [2.24, 2.45) is 5.10 Å². The summed E-state index contributed by atoms with van der Waals surface area (Å²) in [4.78, 5) is 13.1. The normalized spacial score (nSPS) is 11.6. The summed E-state index contributed by atoms with van der Waals surface area (Å²) in [6.45, 7) is 3.84. The minimum Gasteiger partial charge on any atom is -0.372 e. The lowest BCUT2D eigenvalue weighted by atomic mass is 9.84. The summed E-state index contributed by atoms with van der Waals surface area (Å²) >= 11 is 3.38. The molecular formula is C23H21BrN2O2. The zero-order chi connectivity index (χ0) is 20.1. The van der Waals surface area contributed by atoms with E-state index in [1.807, 2.05) is 62.4 Å². The van der Waals surface area contributed by atoms with Crippen LogP contribution < -0.4 is 5.43 Å². The van der Waals surface area contributed by atoms with Crippen LogP contribution in [0.2, 0.25) is 0 Å². The number of amides is 1. The van der Waals surface area contributed by atoms with Crippen LogP contribution in [0.4, 0.5) is 0 Å². The molecule has 4 nitrogen and oxygen atoms in total. The fraction of sp³-hybridized carbons (Fsp3) is 0.130. The molecule has 2 N–H and O–H groups in total. The number of hydrogen-bond acceptors (Lipinski definition) is 3.